The third-order valence-corrected chi connectivity index (χ3v) is 6.97. The lowest BCUT2D eigenvalue weighted by molar-refractivity contribution is 0.0988. The monoisotopic (exact) mass is 441 g/mol. The van der Waals surface area contributed by atoms with E-state index < -0.39 is 0 Å². The van der Waals surface area contributed by atoms with Gasteiger partial charge in [0.05, 0.1) is 17.6 Å². The van der Waals surface area contributed by atoms with Gasteiger partial charge >= 0.3 is 0 Å². The number of likely N-dealkylation sites (N-methyl/N-ethyl adjacent to an activating group) is 1. The minimum atomic E-state index is -0.302. The van der Waals surface area contributed by atoms with Crippen LogP contribution < -0.4 is 14.7 Å². The van der Waals surface area contributed by atoms with Gasteiger partial charge in [0.15, 0.2) is 0 Å². The van der Waals surface area contributed by atoms with Crippen molar-refractivity contribution in [1.29, 1.82) is 0 Å². The van der Waals surface area contributed by atoms with Crippen molar-refractivity contribution >= 4 is 23.0 Å². The number of carbonyl (C=O) groups is 1. The Morgan fingerprint density at radius 3 is 2.38 bits per heavy atom. The zero-order chi connectivity index (χ0) is 22.8. The minimum Gasteiger partial charge on any atom is -0.370 e. The van der Waals surface area contributed by atoms with E-state index in [2.05, 4.69) is 40.7 Å². The van der Waals surface area contributed by atoms with Crippen molar-refractivity contribution in [3.8, 4) is 0 Å². The third kappa shape index (κ3) is 4.72. The van der Waals surface area contributed by atoms with Gasteiger partial charge < -0.3 is 19.6 Å². The molecule has 0 aliphatic carbocycles. The highest BCUT2D eigenvalue weighted by atomic mass is 19.1. The van der Waals surface area contributed by atoms with E-state index >= 15 is 0 Å². The molecule has 1 atom stereocenters. The molecule has 0 N–H and O–H groups in total. The fraction of sp³-hybridized carbons (Fsp3) is 0.520. The van der Waals surface area contributed by atoms with E-state index in [1.807, 2.05) is 12.1 Å². The van der Waals surface area contributed by atoms with E-state index in [-0.39, 0.29) is 13.2 Å². The SMILES string of the molecule is CC1CCN(c2ccc(C(=O)N(C)c3ccc(N4CCC(N(C)C)C4)c(F)c3)nc2)CC1.[HH]. The number of piperidine rings is 1. The molecule has 0 spiro atoms. The van der Waals surface area contributed by atoms with E-state index in [0.717, 1.165) is 44.2 Å². The average molecular weight is 442 g/mol. The number of hydrogen-bond donors (Lipinski definition) is 0. The summed E-state index contributed by atoms with van der Waals surface area (Å²) in [4.78, 5) is 25.4. The van der Waals surface area contributed by atoms with Gasteiger partial charge in [0.1, 0.15) is 11.5 Å². The topological polar surface area (TPSA) is 42.9 Å². The van der Waals surface area contributed by atoms with Gasteiger partial charge in [-0.05, 0) is 69.6 Å². The highest BCUT2D eigenvalue weighted by Gasteiger charge is 2.26. The molecule has 2 fully saturated rings. The number of amides is 1. The molecule has 2 aliphatic heterocycles. The lowest BCUT2D eigenvalue weighted by Gasteiger charge is -2.31. The van der Waals surface area contributed by atoms with Crippen LogP contribution in [0.4, 0.5) is 21.5 Å². The van der Waals surface area contributed by atoms with Gasteiger partial charge in [0.2, 0.25) is 0 Å². The molecule has 0 bridgehead atoms. The number of halogens is 1. The van der Waals surface area contributed by atoms with Crippen LogP contribution >= 0.6 is 0 Å². The predicted molar refractivity (Wildman–Crippen MR) is 130 cm³/mol. The summed E-state index contributed by atoms with van der Waals surface area (Å²) in [6.07, 6.45) is 5.15. The Hall–Kier alpha value is -2.67. The molecular formula is C25H36FN5O. The second-order valence-corrected chi connectivity index (χ2v) is 9.42. The van der Waals surface area contributed by atoms with Crippen LogP contribution in [0.5, 0.6) is 0 Å². The van der Waals surface area contributed by atoms with Crippen molar-refractivity contribution in [1.82, 2.24) is 9.88 Å². The van der Waals surface area contributed by atoms with Gasteiger partial charge in [-0.1, -0.05) is 6.92 Å². The van der Waals surface area contributed by atoms with Crippen molar-refractivity contribution in [2.45, 2.75) is 32.2 Å². The molecule has 2 aliphatic rings. The molecule has 7 heteroatoms. The third-order valence-electron chi connectivity index (χ3n) is 6.97. The summed E-state index contributed by atoms with van der Waals surface area (Å²) in [6, 6.07) is 9.19. The normalized spacial score (nSPS) is 19.6. The summed E-state index contributed by atoms with van der Waals surface area (Å²) < 4.78 is 14.9. The van der Waals surface area contributed by atoms with Gasteiger partial charge in [-0.25, -0.2) is 9.37 Å². The molecule has 1 aromatic carbocycles. The summed E-state index contributed by atoms with van der Waals surface area (Å²) in [6.45, 7) is 5.97. The number of nitrogens with zero attached hydrogens (tertiary/aromatic N) is 5. The van der Waals surface area contributed by atoms with Crippen molar-refractivity contribution < 1.29 is 10.6 Å². The van der Waals surface area contributed by atoms with Gasteiger partial charge in [0, 0.05) is 46.4 Å². The van der Waals surface area contributed by atoms with Crippen LogP contribution in [0.3, 0.4) is 0 Å². The quantitative estimate of drug-likeness (QED) is 0.698. The van der Waals surface area contributed by atoms with Crippen LogP contribution in [0.25, 0.3) is 0 Å². The van der Waals surface area contributed by atoms with Crippen LogP contribution in [0.1, 0.15) is 38.1 Å². The van der Waals surface area contributed by atoms with E-state index in [9.17, 15) is 9.18 Å². The first kappa shape index (κ1) is 22.5. The van der Waals surface area contributed by atoms with Crippen LogP contribution in [0.2, 0.25) is 0 Å². The Labute approximate surface area is 192 Å². The fourth-order valence-corrected chi connectivity index (χ4v) is 4.60. The smallest absolute Gasteiger partial charge is 0.276 e. The Balaban J connectivity index is 0.00000306. The molecule has 0 radical (unpaired) electrons. The van der Waals surface area contributed by atoms with Crippen LogP contribution in [0, 0.1) is 11.7 Å². The Morgan fingerprint density at radius 1 is 1.06 bits per heavy atom. The molecular weight excluding hydrogens is 405 g/mol. The molecule has 6 nitrogen and oxygen atoms in total. The zero-order valence-corrected chi connectivity index (χ0v) is 19.6. The molecule has 32 heavy (non-hydrogen) atoms. The zero-order valence-electron chi connectivity index (χ0n) is 19.6. The van der Waals surface area contributed by atoms with Crippen LogP contribution in [0.15, 0.2) is 36.5 Å². The molecule has 1 amide bonds. The molecule has 4 rings (SSSR count). The highest BCUT2D eigenvalue weighted by Crippen LogP contribution is 2.29. The van der Waals surface area contributed by atoms with E-state index in [1.165, 1.54) is 23.8 Å². The second-order valence-electron chi connectivity index (χ2n) is 9.42. The first-order chi connectivity index (χ1) is 15.3. The summed E-state index contributed by atoms with van der Waals surface area (Å²) >= 11 is 0. The number of aromatic nitrogens is 1. The lowest BCUT2D eigenvalue weighted by atomic mass is 9.99. The van der Waals surface area contributed by atoms with Gasteiger partial charge in [-0.15, -0.1) is 0 Å². The Kier molecular flexibility index (Phi) is 6.65. The average Bonchev–Trinajstić information content (AvgIpc) is 3.29. The maximum absolute atomic E-state index is 14.9. The number of benzene rings is 1. The standard InChI is InChI=1S/C25H34FN5O.H2/c1-18-9-12-30(13-10-18)20-5-7-23(27-16-20)25(32)29(4)19-6-8-24(22(26)15-19)31-14-11-21(17-31)28(2)3;/h5-8,15-16,18,21H,9-14,17H2,1-4H3;1H. The second kappa shape index (κ2) is 9.45. The molecule has 2 aromatic rings. The maximum Gasteiger partial charge on any atom is 0.276 e. The number of carbonyl (C=O) groups excluding carboxylic acids is 1. The Morgan fingerprint density at radius 2 is 1.78 bits per heavy atom. The minimum absolute atomic E-state index is 0. The van der Waals surface area contributed by atoms with Crippen molar-refractivity contribution in [3.63, 3.8) is 0 Å². The van der Waals surface area contributed by atoms with Gasteiger partial charge in [0.25, 0.3) is 5.91 Å². The Bertz CT molecular complexity index is 946. The summed E-state index contributed by atoms with van der Waals surface area (Å²) in [5.41, 5.74) is 2.53. The van der Waals surface area contributed by atoms with E-state index in [4.69, 9.17) is 0 Å². The van der Waals surface area contributed by atoms with Crippen molar-refractivity contribution in [3.05, 3.63) is 48.0 Å². The first-order valence-electron chi connectivity index (χ1n) is 11.5. The van der Waals surface area contributed by atoms with Gasteiger partial charge in [-0.3, -0.25) is 4.79 Å². The molecule has 3 heterocycles. The molecule has 0 saturated carbocycles. The molecule has 2 saturated heterocycles. The molecule has 174 valence electrons. The van der Waals surface area contributed by atoms with Gasteiger partial charge in [-0.2, -0.15) is 0 Å². The van der Waals surface area contributed by atoms with Crippen LogP contribution in [-0.2, 0) is 0 Å². The van der Waals surface area contributed by atoms with Crippen molar-refractivity contribution in [2.75, 3.05) is 62.0 Å². The number of rotatable bonds is 5. The van der Waals surface area contributed by atoms with Crippen LogP contribution in [-0.4, -0.2) is 69.2 Å². The van der Waals surface area contributed by atoms with E-state index in [1.54, 1.807) is 25.4 Å². The van der Waals surface area contributed by atoms with Crippen molar-refractivity contribution in [2.24, 2.45) is 5.92 Å². The largest absolute Gasteiger partial charge is 0.370 e. The fourth-order valence-electron chi connectivity index (χ4n) is 4.60. The first-order valence-corrected chi connectivity index (χ1v) is 11.5. The summed E-state index contributed by atoms with van der Waals surface area (Å²) in [7, 11) is 5.78. The maximum atomic E-state index is 14.9. The highest BCUT2D eigenvalue weighted by molar-refractivity contribution is 6.04. The molecule has 1 aromatic heterocycles. The number of pyridine rings is 1. The number of hydrogen-bond acceptors (Lipinski definition) is 5. The van der Waals surface area contributed by atoms with E-state index in [0.29, 0.717) is 23.1 Å². The summed E-state index contributed by atoms with van der Waals surface area (Å²) in [5, 5.41) is 0. The molecule has 1 unspecified atom stereocenters. The number of anilines is 3. The lowest BCUT2D eigenvalue weighted by Crippen LogP contribution is -2.33. The predicted octanol–water partition coefficient (Wildman–Crippen LogP) is 4.12. The summed E-state index contributed by atoms with van der Waals surface area (Å²) in [5.74, 6) is 0.217.